The zero-order valence-electron chi connectivity index (χ0n) is 10.1. The van der Waals surface area contributed by atoms with Crippen LogP contribution in [0.5, 0.6) is 0 Å². The highest BCUT2D eigenvalue weighted by atomic mass is 79.9. The van der Waals surface area contributed by atoms with Crippen molar-refractivity contribution in [3.8, 4) is 0 Å². The standard InChI is InChI=1S/C13H10BrF2NO2S/c14-10-6-13(12(16)7-11(10)15)20(18,19)17-8-9-4-2-1-3-5-9/h1-7,17H,8H2. The molecule has 0 aliphatic rings. The zero-order valence-corrected chi connectivity index (χ0v) is 12.5. The summed E-state index contributed by atoms with van der Waals surface area (Å²) in [5.74, 6) is -1.99. The molecule has 2 rings (SSSR count). The lowest BCUT2D eigenvalue weighted by Crippen LogP contribution is -2.24. The largest absolute Gasteiger partial charge is 0.243 e. The first-order valence-electron chi connectivity index (χ1n) is 5.58. The highest BCUT2D eigenvalue weighted by Crippen LogP contribution is 2.23. The summed E-state index contributed by atoms with van der Waals surface area (Å²) < 4.78 is 52.8. The minimum absolute atomic E-state index is 0.0254. The van der Waals surface area contributed by atoms with Crippen molar-refractivity contribution in [3.05, 3.63) is 64.1 Å². The van der Waals surface area contributed by atoms with E-state index in [4.69, 9.17) is 0 Å². The summed E-state index contributed by atoms with van der Waals surface area (Å²) in [7, 11) is -4.05. The van der Waals surface area contributed by atoms with Gasteiger partial charge in [0.05, 0.1) is 4.47 Å². The van der Waals surface area contributed by atoms with Crippen molar-refractivity contribution in [3.63, 3.8) is 0 Å². The minimum atomic E-state index is -4.05. The first-order valence-corrected chi connectivity index (χ1v) is 7.86. The number of nitrogens with one attached hydrogen (secondary N) is 1. The first kappa shape index (κ1) is 15.1. The fourth-order valence-electron chi connectivity index (χ4n) is 1.56. The van der Waals surface area contributed by atoms with E-state index in [2.05, 4.69) is 20.7 Å². The van der Waals surface area contributed by atoms with Crippen LogP contribution in [0.2, 0.25) is 0 Å². The lowest BCUT2D eigenvalue weighted by Gasteiger charge is -2.08. The molecule has 0 aliphatic heterocycles. The first-order chi connectivity index (χ1) is 9.40. The molecule has 7 heteroatoms. The molecule has 0 radical (unpaired) electrons. The van der Waals surface area contributed by atoms with Gasteiger partial charge in [-0.15, -0.1) is 0 Å². The van der Waals surface area contributed by atoms with Crippen LogP contribution in [0.25, 0.3) is 0 Å². The Balaban J connectivity index is 2.25. The number of halogens is 3. The lowest BCUT2D eigenvalue weighted by molar-refractivity contribution is 0.540. The Kier molecular flexibility index (Phi) is 4.52. The zero-order chi connectivity index (χ0) is 14.8. The van der Waals surface area contributed by atoms with Gasteiger partial charge in [0.1, 0.15) is 16.5 Å². The van der Waals surface area contributed by atoms with Crippen molar-refractivity contribution in [2.75, 3.05) is 0 Å². The monoisotopic (exact) mass is 361 g/mol. The van der Waals surface area contributed by atoms with Gasteiger partial charge in [-0.05, 0) is 27.6 Å². The van der Waals surface area contributed by atoms with E-state index in [0.717, 1.165) is 11.6 Å². The molecular weight excluding hydrogens is 352 g/mol. The predicted molar refractivity (Wildman–Crippen MR) is 74.5 cm³/mol. The van der Waals surface area contributed by atoms with Crippen LogP contribution >= 0.6 is 15.9 Å². The highest BCUT2D eigenvalue weighted by molar-refractivity contribution is 9.10. The number of hydrogen-bond acceptors (Lipinski definition) is 2. The van der Waals surface area contributed by atoms with Crippen molar-refractivity contribution in [2.24, 2.45) is 0 Å². The maximum absolute atomic E-state index is 13.6. The van der Waals surface area contributed by atoms with Crippen molar-refractivity contribution in [1.82, 2.24) is 4.72 Å². The molecule has 0 unspecified atom stereocenters. The topological polar surface area (TPSA) is 46.2 Å². The van der Waals surface area contributed by atoms with Gasteiger partial charge >= 0.3 is 0 Å². The third kappa shape index (κ3) is 3.41. The molecule has 0 heterocycles. The minimum Gasteiger partial charge on any atom is -0.207 e. The summed E-state index contributed by atoms with van der Waals surface area (Å²) in [6.07, 6.45) is 0. The summed E-state index contributed by atoms with van der Waals surface area (Å²) in [4.78, 5) is -0.596. The molecule has 106 valence electrons. The molecular formula is C13H10BrF2NO2S. The van der Waals surface area contributed by atoms with Gasteiger partial charge in [0.2, 0.25) is 10.0 Å². The molecule has 3 nitrogen and oxygen atoms in total. The molecule has 20 heavy (non-hydrogen) atoms. The Bertz CT molecular complexity index is 721. The average Bonchev–Trinajstić information content (AvgIpc) is 2.42. The van der Waals surface area contributed by atoms with Crippen LogP contribution in [-0.2, 0) is 16.6 Å². The second-order valence-corrected chi connectivity index (χ2v) is 6.60. The van der Waals surface area contributed by atoms with Gasteiger partial charge in [0.15, 0.2) is 0 Å². The van der Waals surface area contributed by atoms with Gasteiger partial charge < -0.3 is 0 Å². The van der Waals surface area contributed by atoms with E-state index in [9.17, 15) is 17.2 Å². The number of hydrogen-bond donors (Lipinski definition) is 1. The second kappa shape index (κ2) is 5.99. The van der Waals surface area contributed by atoms with Crippen LogP contribution in [0, 0.1) is 11.6 Å². The number of benzene rings is 2. The van der Waals surface area contributed by atoms with E-state index in [0.29, 0.717) is 6.07 Å². The number of sulfonamides is 1. The van der Waals surface area contributed by atoms with E-state index < -0.39 is 26.6 Å². The van der Waals surface area contributed by atoms with Crippen LogP contribution in [0.4, 0.5) is 8.78 Å². The Morgan fingerprint density at radius 3 is 2.35 bits per heavy atom. The molecule has 0 saturated carbocycles. The summed E-state index contributed by atoms with van der Waals surface area (Å²) >= 11 is 2.83. The SMILES string of the molecule is O=S(=O)(NCc1ccccc1)c1cc(Br)c(F)cc1F. The summed E-state index contributed by atoms with van der Waals surface area (Å²) in [5.41, 5.74) is 0.734. The van der Waals surface area contributed by atoms with Gasteiger partial charge in [-0.1, -0.05) is 30.3 Å². The van der Waals surface area contributed by atoms with Gasteiger partial charge in [-0.3, -0.25) is 0 Å². The van der Waals surface area contributed by atoms with E-state index in [1.807, 2.05) is 0 Å². The molecule has 0 fully saturated rings. The Labute approximate surface area is 123 Å². The molecule has 0 saturated heterocycles. The van der Waals surface area contributed by atoms with Crippen molar-refractivity contribution < 1.29 is 17.2 Å². The molecule has 2 aromatic rings. The quantitative estimate of drug-likeness (QED) is 0.850. The van der Waals surface area contributed by atoms with Crippen LogP contribution in [0.1, 0.15) is 5.56 Å². The summed E-state index contributed by atoms with van der Waals surface area (Å²) in [5, 5.41) is 0. The Hall–Kier alpha value is -1.31. The van der Waals surface area contributed by atoms with Crippen molar-refractivity contribution in [1.29, 1.82) is 0 Å². The van der Waals surface area contributed by atoms with Crippen LogP contribution in [-0.4, -0.2) is 8.42 Å². The molecule has 0 atom stereocenters. The van der Waals surface area contributed by atoms with E-state index >= 15 is 0 Å². The van der Waals surface area contributed by atoms with Crippen LogP contribution in [0.15, 0.2) is 51.8 Å². The fourth-order valence-corrected chi connectivity index (χ4v) is 3.16. The van der Waals surface area contributed by atoms with Crippen LogP contribution < -0.4 is 4.72 Å². The number of rotatable bonds is 4. The van der Waals surface area contributed by atoms with Gasteiger partial charge in [0.25, 0.3) is 0 Å². The fraction of sp³-hybridized carbons (Fsp3) is 0.0769. The molecule has 2 aromatic carbocycles. The molecule has 0 spiro atoms. The normalized spacial score (nSPS) is 11.6. The molecule has 0 amide bonds. The highest BCUT2D eigenvalue weighted by Gasteiger charge is 2.21. The van der Waals surface area contributed by atoms with Crippen molar-refractivity contribution in [2.45, 2.75) is 11.4 Å². The molecule has 1 N–H and O–H groups in total. The smallest absolute Gasteiger partial charge is 0.207 e. The third-order valence-corrected chi connectivity index (χ3v) is 4.60. The van der Waals surface area contributed by atoms with Gasteiger partial charge in [0, 0.05) is 12.6 Å². The lowest BCUT2D eigenvalue weighted by atomic mass is 10.2. The van der Waals surface area contributed by atoms with E-state index in [1.165, 1.54) is 0 Å². The summed E-state index contributed by atoms with van der Waals surface area (Å²) in [6, 6.07) is 10.2. The maximum atomic E-state index is 13.6. The Morgan fingerprint density at radius 1 is 1.05 bits per heavy atom. The Morgan fingerprint density at radius 2 is 1.70 bits per heavy atom. The van der Waals surface area contributed by atoms with Crippen LogP contribution in [0.3, 0.4) is 0 Å². The van der Waals surface area contributed by atoms with E-state index in [1.54, 1.807) is 30.3 Å². The summed E-state index contributed by atoms with van der Waals surface area (Å²) in [6.45, 7) is 0.0254. The maximum Gasteiger partial charge on any atom is 0.243 e. The van der Waals surface area contributed by atoms with Gasteiger partial charge in [-0.2, -0.15) is 0 Å². The molecule has 0 bridgehead atoms. The van der Waals surface area contributed by atoms with E-state index in [-0.39, 0.29) is 11.0 Å². The molecule has 0 aromatic heterocycles. The predicted octanol–water partition coefficient (Wildman–Crippen LogP) is 3.21. The van der Waals surface area contributed by atoms with Gasteiger partial charge in [-0.25, -0.2) is 21.9 Å². The average molecular weight is 362 g/mol. The second-order valence-electron chi connectivity index (χ2n) is 4.01. The van der Waals surface area contributed by atoms with Crippen molar-refractivity contribution >= 4 is 26.0 Å². The molecule has 0 aliphatic carbocycles. The third-order valence-electron chi connectivity index (χ3n) is 2.57.